The molecule has 0 fully saturated rings. The third kappa shape index (κ3) is 26.4. The van der Waals surface area contributed by atoms with Gasteiger partial charge in [-0.2, -0.15) is 0 Å². The fourth-order valence-corrected chi connectivity index (χ4v) is 3.30. The highest BCUT2D eigenvalue weighted by atomic mass is 79.9. The fourth-order valence-electron chi connectivity index (χ4n) is 3.30. The van der Waals surface area contributed by atoms with E-state index in [-0.39, 0.29) is 23.1 Å². The summed E-state index contributed by atoms with van der Waals surface area (Å²) in [5.74, 6) is 0. The summed E-state index contributed by atoms with van der Waals surface area (Å²) >= 11 is 0. The Bertz CT molecular complexity index is 238. The summed E-state index contributed by atoms with van der Waals surface area (Å²) in [7, 11) is 0. The van der Waals surface area contributed by atoms with E-state index >= 15 is 0 Å². The average molecular weight is 454 g/mol. The average Bonchev–Trinajstić information content (AvgIpc) is 2.68. The molecule has 168 valence electrons. The number of hydrogen-bond donors (Lipinski definition) is 3. The molecule has 0 aromatic rings. The molecule has 27 heavy (non-hydrogen) atoms. The first-order valence-electron chi connectivity index (χ1n) is 12.0. The molecule has 0 bridgehead atoms. The second kappa shape index (κ2) is 28.6. The van der Waals surface area contributed by atoms with Crippen LogP contribution in [0.4, 0.5) is 0 Å². The van der Waals surface area contributed by atoms with Crippen LogP contribution in [-0.2, 0) is 0 Å². The number of quaternary nitrogens is 1. The van der Waals surface area contributed by atoms with Crippen molar-refractivity contribution in [2.24, 2.45) is 0 Å². The Morgan fingerprint density at radius 1 is 0.704 bits per heavy atom. The van der Waals surface area contributed by atoms with Crippen LogP contribution in [0.1, 0.15) is 112 Å². The van der Waals surface area contributed by atoms with Gasteiger partial charge in [-0.15, -0.1) is 0 Å². The van der Waals surface area contributed by atoms with Crippen molar-refractivity contribution in [1.29, 1.82) is 0 Å². The molecule has 0 aliphatic heterocycles. The number of nitrogens with one attached hydrogen (secondary N) is 2. The van der Waals surface area contributed by atoms with Crippen LogP contribution in [0, 0.1) is 0 Å². The van der Waals surface area contributed by atoms with Gasteiger partial charge in [-0.3, -0.25) is 0 Å². The molecule has 0 radical (unpaired) electrons. The van der Waals surface area contributed by atoms with Crippen LogP contribution in [0.15, 0.2) is 0 Å². The summed E-state index contributed by atoms with van der Waals surface area (Å²) in [6.45, 7) is 15.5. The Balaban J connectivity index is -0.00000185. The lowest BCUT2D eigenvalue weighted by molar-refractivity contribution is -0.899. The lowest BCUT2D eigenvalue weighted by Crippen LogP contribution is -3.12. The topological polar surface area (TPSA) is 36.7 Å². The van der Waals surface area contributed by atoms with E-state index in [1.54, 1.807) is 0 Å². The van der Waals surface area contributed by atoms with Crippen molar-refractivity contribution in [3.05, 3.63) is 0 Å². The molecule has 0 aromatic heterocycles. The zero-order valence-corrected chi connectivity index (χ0v) is 21.0. The summed E-state index contributed by atoms with van der Waals surface area (Å²) in [5, 5.41) is 13.4. The minimum Gasteiger partial charge on any atom is -1.00 e. The van der Waals surface area contributed by atoms with Crippen molar-refractivity contribution in [1.82, 2.24) is 5.32 Å². The van der Waals surface area contributed by atoms with Gasteiger partial charge in [-0.1, -0.05) is 91.4 Å². The van der Waals surface area contributed by atoms with Crippen LogP contribution in [0.25, 0.3) is 0 Å². The lowest BCUT2D eigenvalue weighted by atomic mass is 10.1. The van der Waals surface area contributed by atoms with Gasteiger partial charge in [0.1, 0.15) is 12.6 Å². The molecule has 0 amide bonds. The molecule has 3 N–H and O–H groups in total. The first-order valence-corrected chi connectivity index (χ1v) is 12.0. The molecule has 1 unspecified atom stereocenters. The highest BCUT2D eigenvalue weighted by Crippen LogP contribution is 2.11. The Labute approximate surface area is 182 Å². The second-order valence-corrected chi connectivity index (χ2v) is 7.41. The van der Waals surface area contributed by atoms with Gasteiger partial charge in [0.15, 0.2) is 0 Å². The number of aliphatic hydroxyl groups excluding tert-OH is 1. The van der Waals surface area contributed by atoms with Crippen LogP contribution in [-0.4, -0.2) is 43.9 Å². The SMILES string of the molecule is CC.CCCCCCCCCCCCCCNCC(O)C[NH+](CC)CC.[Br-]. The molecule has 3 nitrogen and oxygen atoms in total. The molecule has 0 rings (SSSR count). The third-order valence-electron chi connectivity index (χ3n) is 5.11. The number of aliphatic hydroxyl groups is 1. The Hall–Kier alpha value is 0.360. The quantitative estimate of drug-likeness (QED) is 0.260. The van der Waals surface area contributed by atoms with E-state index in [0.717, 1.165) is 32.7 Å². The zero-order chi connectivity index (χ0) is 19.9. The number of likely N-dealkylation sites (N-methyl/N-ethyl adjacent to an activating group) is 1. The first kappa shape index (κ1) is 32.0. The number of hydrogen-bond acceptors (Lipinski definition) is 2. The summed E-state index contributed by atoms with van der Waals surface area (Å²) in [4.78, 5) is 1.48. The number of halogens is 1. The van der Waals surface area contributed by atoms with Gasteiger partial charge < -0.3 is 32.3 Å². The van der Waals surface area contributed by atoms with Crippen molar-refractivity contribution >= 4 is 0 Å². The number of rotatable bonds is 19. The Morgan fingerprint density at radius 3 is 1.52 bits per heavy atom. The molecule has 4 heteroatoms. The monoisotopic (exact) mass is 452 g/mol. The van der Waals surface area contributed by atoms with Crippen molar-refractivity contribution in [3.8, 4) is 0 Å². The van der Waals surface area contributed by atoms with Gasteiger partial charge in [-0.05, 0) is 26.8 Å². The summed E-state index contributed by atoms with van der Waals surface area (Å²) < 4.78 is 0. The van der Waals surface area contributed by atoms with Gasteiger partial charge in [0.25, 0.3) is 0 Å². The van der Waals surface area contributed by atoms with E-state index in [2.05, 4.69) is 26.1 Å². The van der Waals surface area contributed by atoms with Gasteiger partial charge >= 0.3 is 0 Å². The molecule has 0 aliphatic carbocycles. The fraction of sp³-hybridized carbons (Fsp3) is 1.00. The van der Waals surface area contributed by atoms with Gasteiger partial charge in [0, 0.05) is 6.54 Å². The van der Waals surface area contributed by atoms with Crippen molar-refractivity contribution in [3.63, 3.8) is 0 Å². The Morgan fingerprint density at radius 2 is 1.11 bits per heavy atom. The van der Waals surface area contributed by atoms with E-state index in [0.29, 0.717) is 0 Å². The minimum atomic E-state index is -0.197. The van der Waals surface area contributed by atoms with Gasteiger partial charge in [0.05, 0.1) is 13.1 Å². The van der Waals surface area contributed by atoms with Crippen molar-refractivity contribution in [2.45, 2.75) is 118 Å². The molecule has 0 heterocycles. The molecular formula is C23H53BrN2O. The highest BCUT2D eigenvalue weighted by Gasteiger charge is 2.10. The van der Waals surface area contributed by atoms with Crippen molar-refractivity contribution < 1.29 is 27.0 Å². The van der Waals surface area contributed by atoms with Gasteiger partial charge in [0.2, 0.25) is 0 Å². The molecule has 0 aliphatic rings. The van der Waals surface area contributed by atoms with Crippen LogP contribution >= 0.6 is 0 Å². The predicted octanol–water partition coefficient (Wildman–Crippen LogP) is 1.59. The zero-order valence-electron chi connectivity index (χ0n) is 19.4. The minimum absolute atomic E-state index is 0. The maximum atomic E-state index is 9.99. The standard InChI is InChI=1S/C21H46N2O.C2H6.BrH/c1-4-7-8-9-10-11-12-13-14-15-16-17-18-22-19-21(24)20-23(5-2)6-3;1-2;/h21-22,24H,4-20H2,1-3H3;1-2H3;1H. The largest absolute Gasteiger partial charge is 1.00 e. The summed E-state index contributed by atoms with van der Waals surface area (Å²) in [5.41, 5.74) is 0. The van der Waals surface area contributed by atoms with Crippen LogP contribution in [0.5, 0.6) is 0 Å². The van der Waals surface area contributed by atoms with Crippen LogP contribution in [0.2, 0.25) is 0 Å². The van der Waals surface area contributed by atoms with E-state index in [1.807, 2.05) is 13.8 Å². The molecule has 0 saturated heterocycles. The molecular weight excluding hydrogens is 400 g/mol. The number of unbranched alkanes of at least 4 members (excludes halogenated alkanes) is 11. The smallest absolute Gasteiger partial charge is 0.115 e. The van der Waals surface area contributed by atoms with Crippen LogP contribution in [0.3, 0.4) is 0 Å². The van der Waals surface area contributed by atoms with Gasteiger partial charge in [-0.25, -0.2) is 0 Å². The predicted molar refractivity (Wildman–Crippen MR) is 118 cm³/mol. The maximum Gasteiger partial charge on any atom is 0.115 e. The molecule has 0 spiro atoms. The van der Waals surface area contributed by atoms with Crippen LogP contribution < -0.4 is 27.2 Å². The Kier molecular flexibility index (Phi) is 33.9. The van der Waals surface area contributed by atoms with E-state index < -0.39 is 0 Å². The van der Waals surface area contributed by atoms with E-state index in [4.69, 9.17) is 0 Å². The third-order valence-corrected chi connectivity index (χ3v) is 5.11. The summed E-state index contributed by atoms with van der Waals surface area (Å²) in [6.07, 6.45) is 16.6. The molecule has 0 saturated carbocycles. The first-order chi connectivity index (χ1) is 12.7. The highest BCUT2D eigenvalue weighted by molar-refractivity contribution is 4.58. The van der Waals surface area contributed by atoms with Crippen molar-refractivity contribution in [2.75, 3.05) is 32.7 Å². The lowest BCUT2D eigenvalue weighted by Gasteiger charge is -2.19. The maximum absolute atomic E-state index is 9.99. The normalized spacial score (nSPS) is 11.7. The molecule has 0 aromatic carbocycles. The molecule has 1 atom stereocenters. The summed E-state index contributed by atoms with van der Waals surface area (Å²) in [6, 6.07) is 0. The van der Waals surface area contributed by atoms with E-state index in [9.17, 15) is 5.11 Å². The second-order valence-electron chi connectivity index (χ2n) is 7.41. The van der Waals surface area contributed by atoms with E-state index in [1.165, 1.54) is 81.9 Å².